The number of carbonyl (C=O) groups is 5. The van der Waals surface area contributed by atoms with Crippen molar-refractivity contribution in [2.75, 3.05) is 6.61 Å². The summed E-state index contributed by atoms with van der Waals surface area (Å²) >= 11 is 0. The van der Waals surface area contributed by atoms with Crippen LogP contribution in [0.1, 0.15) is 41.5 Å². The molecule has 0 saturated carbocycles. The van der Waals surface area contributed by atoms with Gasteiger partial charge in [-0.3, -0.25) is 24.0 Å². The molecule has 1 aromatic rings. The number of rotatable bonds is 5. The van der Waals surface area contributed by atoms with Gasteiger partial charge >= 0.3 is 17.9 Å². The van der Waals surface area contributed by atoms with Crippen molar-refractivity contribution in [3.05, 3.63) is 35.4 Å². The molecule has 0 aromatic heterocycles. The van der Waals surface area contributed by atoms with Gasteiger partial charge in [0.25, 0.3) is 11.8 Å². The smallest absolute Gasteiger partial charge is 0.303 e. The summed E-state index contributed by atoms with van der Waals surface area (Å²) in [7, 11) is 0. The Balaban J connectivity index is 1.64. The maximum absolute atomic E-state index is 12.9. The lowest BCUT2D eigenvalue weighted by molar-refractivity contribution is -0.197. The van der Waals surface area contributed by atoms with Crippen molar-refractivity contribution in [2.24, 2.45) is 0 Å². The van der Waals surface area contributed by atoms with Gasteiger partial charge in [0.2, 0.25) is 0 Å². The summed E-state index contributed by atoms with van der Waals surface area (Å²) in [5, 5.41) is 2.29. The fourth-order valence-corrected chi connectivity index (χ4v) is 3.96. The number of hydrogen-bond acceptors (Lipinski definition) is 10. The van der Waals surface area contributed by atoms with Crippen molar-refractivity contribution >= 4 is 29.7 Å². The molecule has 0 N–H and O–H groups in total. The van der Waals surface area contributed by atoms with Gasteiger partial charge in [-0.25, -0.2) is 0 Å². The average molecular weight is 432 g/mol. The number of fused-ring (bicyclic) bond motifs is 2. The number of amides is 2. The van der Waals surface area contributed by atoms with E-state index < -0.39 is 60.3 Å². The molecule has 31 heavy (non-hydrogen) atoms. The molecule has 0 radical (unpaired) electrons. The first kappa shape index (κ1) is 20.9. The molecule has 11 heteroatoms. The zero-order valence-electron chi connectivity index (χ0n) is 17.0. The predicted molar refractivity (Wildman–Crippen MR) is 99.0 cm³/mol. The van der Waals surface area contributed by atoms with Gasteiger partial charge in [0, 0.05) is 20.8 Å². The van der Waals surface area contributed by atoms with E-state index in [1.165, 1.54) is 37.9 Å². The molecule has 1 unspecified atom stereocenters. The van der Waals surface area contributed by atoms with Gasteiger partial charge in [0.15, 0.2) is 18.4 Å². The summed E-state index contributed by atoms with van der Waals surface area (Å²) in [6.45, 7) is 3.29. The van der Waals surface area contributed by atoms with E-state index in [-0.39, 0.29) is 17.7 Å². The van der Waals surface area contributed by atoms with Crippen LogP contribution < -0.4 is 0 Å². The minimum Gasteiger partial charge on any atom is -0.463 e. The van der Waals surface area contributed by atoms with Crippen molar-refractivity contribution in [3.63, 3.8) is 0 Å². The summed E-state index contributed by atoms with van der Waals surface area (Å²) in [6.07, 6.45) is -3.95. The minimum atomic E-state index is -1.11. The van der Waals surface area contributed by atoms with Crippen LogP contribution in [0.3, 0.4) is 0 Å². The fraction of sp³-hybridized carbons (Fsp3) is 0.450. The second kappa shape index (κ2) is 7.75. The molecule has 2 amide bonds. The summed E-state index contributed by atoms with van der Waals surface area (Å²) in [4.78, 5) is 60.4. The van der Waals surface area contributed by atoms with Crippen molar-refractivity contribution in [3.8, 4) is 0 Å². The third-order valence-electron chi connectivity index (χ3n) is 5.17. The number of imide groups is 1. The van der Waals surface area contributed by atoms with E-state index >= 15 is 0 Å². The Kier molecular flexibility index (Phi) is 5.23. The highest BCUT2D eigenvalue weighted by molar-refractivity contribution is 6.21. The summed E-state index contributed by atoms with van der Waals surface area (Å²) in [5.74, 6) is -2.97. The zero-order valence-corrected chi connectivity index (χ0v) is 17.0. The molecule has 0 aliphatic carbocycles. The maximum atomic E-state index is 12.9. The third kappa shape index (κ3) is 3.66. The molecule has 2 saturated heterocycles. The lowest BCUT2D eigenvalue weighted by Crippen LogP contribution is -2.53. The van der Waals surface area contributed by atoms with Gasteiger partial charge in [0.1, 0.15) is 18.8 Å². The Hall–Kier alpha value is -3.31. The SMILES string of the molecule is CC(=O)OC[C@H]1O[C@H]2[C@@H]([C@@H](OC(C)=O)[C@@H]1OC(C)=O)N2N1C(=O)c2ccccc2C1=O. The van der Waals surface area contributed by atoms with Crippen LogP contribution in [0, 0.1) is 0 Å². The quantitative estimate of drug-likeness (QED) is 0.272. The first-order valence-electron chi connectivity index (χ1n) is 9.60. The summed E-state index contributed by atoms with van der Waals surface area (Å²) in [5.41, 5.74) is 0.487. The number of nitrogens with zero attached hydrogens (tertiary/aromatic N) is 2. The fourth-order valence-electron chi connectivity index (χ4n) is 3.96. The highest BCUT2D eigenvalue weighted by Gasteiger charge is 2.69. The van der Waals surface area contributed by atoms with Crippen molar-refractivity contribution < 1.29 is 42.9 Å². The molecule has 0 spiro atoms. The molecule has 1 aromatic carbocycles. The van der Waals surface area contributed by atoms with Crippen molar-refractivity contribution in [2.45, 2.75) is 51.4 Å². The Labute approximate surface area is 176 Å². The average Bonchev–Trinajstić information content (AvgIpc) is 3.34. The highest BCUT2D eigenvalue weighted by Crippen LogP contribution is 2.45. The van der Waals surface area contributed by atoms with Crippen molar-refractivity contribution in [1.29, 1.82) is 0 Å². The maximum Gasteiger partial charge on any atom is 0.303 e. The van der Waals surface area contributed by atoms with E-state index in [1.54, 1.807) is 12.1 Å². The van der Waals surface area contributed by atoms with E-state index in [1.807, 2.05) is 0 Å². The summed E-state index contributed by atoms with van der Waals surface area (Å²) < 4.78 is 21.6. The lowest BCUT2D eigenvalue weighted by Gasteiger charge is -2.34. The molecule has 6 atom stereocenters. The third-order valence-corrected chi connectivity index (χ3v) is 5.17. The molecular weight excluding hydrogens is 412 g/mol. The topological polar surface area (TPSA) is 129 Å². The number of carbonyl (C=O) groups excluding carboxylic acids is 5. The van der Waals surface area contributed by atoms with Gasteiger partial charge in [-0.2, -0.15) is 10.0 Å². The Bertz CT molecular complexity index is 942. The number of benzene rings is 1. The van der Waals surface area contributed by atoms with Gasteiger partial charge < -0.3 is 18.9 Å². The second-order valence-corrected chi connectivity index (χ2v) is 7.35. The predicted octanol–water partition coefficient (Wildman–Crippen LogP) is 0.0332. The van der Waals surface area contributed by atoms with Crippen LogP contribution in [-0.4, -0.2) is 76.9 Å². The van der Waals surface area contributed by atoms with E-state index in [4.69, 9.17) is 18.9 Å². The molecule has 3 aliphatic heterocycles. The van der Waals surface area contributed by atoms with Crippen molar-refractivity contribution in [1.82, 2.24) is 10.0 Å². The zero-order chi connectivity index (χ0) is 22.4. The minimum absolute atomic E-state index is 0.244. The second-order valence-electron chi connectivity index (χ2n) is 7.35. The molecule has 0 bridgehead atoms. The largest absolute Gasteiger partial charge is 0.463 e. The van der Waals surface area contributed by atoms with Crippen LogP contribution in [0.2, 0.25) is 0 Å². The molecule has 3 aliphatic rings. The molecular formula is C20H20N2O9. The molecule has 164 valence electrons. The van der Waals surface area contributed by atoms with E-state index in [0.717, 1.165) is 5.01 Å². The number of esters is 3. The monoisotopic (exact) mass is 432 g/mol. The van der Waals surface area contributed by atoms with Crippen LogP contribution in [0.4, 0.5) is 0 Å². The highest BCUT2D eigenvalue weighted by atomic mass is 16.6. The van der Waals surface area contributed by atoms with E-state index in [2.05, 4.69) is 0 Å². The Morgan fingerprint density at radius 3 is 1.97 bits per heavy atom. The van der Waals surface area contributed by atoms with Gasteiger partial charge in [-0.1, -0.05) is 12.1 Å². The van der Waals surface area contributed by atoms with E-state index in [0.29, 0.717) is 0 Å². The first-order valence-corrected chi connectivity index (χ1v) is 9.60. The molecule has 11 nitrogen and oxygen atoms in total. The Morgan fingerprint density at radius 1 is 0.903 bits per heavy atom. The van der Waals surface area contributed by atoms with Crippen LogP contribution >= 0.6 is 0 Å². The van der Waals surface area contributed by atoms with Gasteiger partial charge in [-0.05, 0) is 12.1 Å². The van der Waals surface area contributed by atoms with Gasteiger partial charge in [-0.15, -0.1) is 0 Å². The number of ether oxygens (including phenoxy) is 4. The molecule has 4 rings (SSSR count). The van der Waals surface area contributed by atoms with Crippen LogP contribution in [0.5, 0.6) is 0 Å². The number of hydrazine groups is 1. The standard InChI is InChI=1S/C20H20N2O9/c1-9(23)28-8-14-16(29-10(2)24)17(30-11(3)25)15-20(31-14)21(15)22-18(26)12-6-4-5-7-13(12)19(22)27/h4-7,14-17,20H,8H2,1-3H3/t14-,15-,16-,17-,20+,21?/m1/s1. The van der Waals surface area contributed by atoms with Crippen LogP contribution in [-0.2, 0) is 33.3 Å². The van der Waals surface area contributed by atoms with Gasteiger partial charge in [0.05, 0.1) is 11.1 Å². The number of hydrogen-bond donors (Lipinski definition) is 0. The lowest BCUT2D eigenvalue weighted by atomic mass is 10.0. The van der Waals surface area contributed by atoms with Crippen LogP contribution in [0.15, 0.2) is 24.3 Å². The molecule has 3 heterocycles. The molecule has 2 fully saturated rings. The Morgan fingerprint density at radius 2 is 1.45 bits per heavy atom. The summed E-state index contributed by atoms with van der Waals surface area (Å²) in [6, 6.07) is 5.63. The first-order chi connectivity index (χ1) is 14.7. The normalized spacial score (nSPS) is 30.9. The van der Waals surface area contributed by atoms with E-state index in [9.17, 15) is 24.0 Å². The van der Waals surface area contributed by atoms with Crippen LogP contribution in [0.25, 0.3) is 0 Å².